The van der Waals surface area contributed by atoms with Crippen molar-refractivity contribution in [3.63, 3.8) is 0 Å². The molecule has 0 spiro atoms. The van der Waals surface area contributed by atoms with Crippen LogP contribution in [0.2, 0.25) is 0 Å². The van der Waals surface area contributed by atoms with E-state index in [1.54, 1.807) is 0 Å². The summed E-state index contributed by atoms with van der Waals surface area (Å²) in [5, 5.41) is 9.20. The lowest BCUT2D eigenvalue weighted by Crippen LogP contribution is -2.47. The van der Waals surface area contributed by atoms with E-state index in [0.717, 1.165) is 25.8 Å². The van der Waals surface area contributed by atoms with Gasteiger partial charge in [-0.3, -0.25) is 4.79 Å². The number of carboxylic acid groups (broad SMARTS) is 1. The Kier molecular flexibility index (Phi) is 3.77. The number of rotatable bonds is 2. The van der Waals surface area contributed by atoms with Crippen LogP contribution in [0.1, 0.15) is 40.0 Å². The van der Waals surface area contributed by atoms with Gasteiger partial charge in [0.15, 0.2) is 0 Å². The summed E-state index contributed by atoms with van der Waals surface area (Å²) in [7, 11) is 2.05. The number of hydrogen-bond donors (Lipinski definition) is 1. The highest BCUT2D eigenvalue weighted by atomic mass is 16.4. The van der Waals surface area contributed by atoms with E-state index in [1.807, 2.05) is 7.05 Å². The molecule has 1 aliphatic rings. The molecule has 3 heteroatoms. The minimum absolute atomic E-state index is 0.178. The first-order chi connectivity index (χ1) is 6.81. The molecular formula is C12H23NO2. The summed E-state index contributed by atoms with van der Waals surface area (Å²) in [5.74, 6) is -0.807. The molecule has 1 rings (SSSR count). The maximum absolute atomic E-state index is 11.2. The molecule has 1 N–H and O–H groups in total. The maximum Gasteiger partial charge on any atom is 0.308 e. The molecule has 1 heterocycles. The fourth-order valence-electron chi connectivity index (χ4n) is 2.44. The lowest BCUT2D eigenvalue weighted by atomic mass is 9.79. The number of aliphatic carboxylic acids is 1. The summed E-state index contributed by atoms with van der Waals surface area (Å²) < 4.78 is 0. The monoisotopic (exact) mass is 213 g/mol. The Labute approximate surface area is 92.5 Å². The fraction of sp³-hybridized carbons (Fsp3) is 0.917. The summed E-state index contributed by atoms with van der Waals surface area (Å²) >= 11 is 0. The molecular weight excluding hydrogens is 190 g/mol. The molecule has 0 aromatic carbocycles. The highest BCUT2D eigenvalue weighted by molar-refractivity contribution is 5.71. The maximum atomic E-state index is 11.2. The van der Waals surface area contributed by atoms with Crippen LogP contribution in [0.15, 0.2) is 0 Å². The molecule has 15 heavy (non-hydrogen) atoms. The van der Waals surface area contributed by atoms with Gasteiger partial charge in [0.25, 0.3) is 0 Å². The summed E-state index contributed by atoms with van der Waals surface area (Å²) in [5.41, 5.74) is 0.198. The first-order valence-electron chi connectivity index (χ1n) is 5.74. The quantitative estimate of drug-likeness (QED) is 0.764. The topological polar surface area (TPSA) is 40.5 Å². The number of likely N-dealkylation sites (tertiary alicyclic amines) is 1. The summed E-state index contributed by atoms with van der Waals surface area (Å²) in [6.07, 6.45) is 2.80. The average molecular weight is 213 g/mol. The predicted octanol–water partition coefficient (Wildman–Crippen LogP) is 2.22. The van der Waals surface area contributed by atoms with Gasteiger partial charge in [0.2, 0.25) is 0 Å². The Morgan fingerprint density at radius 1 is 1.47 bits per heavy atom. The van der Waals surface area contributed by atoms with Gasteiger partial charge in [-0.15, -0.1) is 0 Å². The molecule has 1 aliphatic heterocycles. The molecule has 0 aliphatic carbocycles. The molecule has 1 fully saturated rings. The minimum Gasteiger partial charge on any atom is -0.481 e. The normalized spacial score (nSPS) is 29.1. The van der Waals surface area contributed by atoms with Crippen molar-refractivity contribution in [2.45, 2.75) is 46.1 Å². The Balaban J connectivity index is 2.73. The molecule has 2 atom stereocenters. The SMILES string of the molecule is CN1CCC[C@H](C(=O)O)[C@H]1CC(C)(C)C. The molecule has 0 saturated carbocycles. The Morgan fingerprint density at radius 2 is 2.07 bits per heavy atom. The molecule has 0 radical (unpaired) electrons. The van der Waals surface area contributed by atoms with Gasteiger partial charge in [0.05, 0.1) is 5.92 Å². The zero-order valence-corrected chi connectivity index (χ0v) is 10.3. The summed E-state index contributed by atoms with van der Waals surface area (Å²) in [4.78, 5) is 13.4. The Hall–Kier alpha value is -0.570. The van der Waals surface area contributed by atoms with Crippen LogP contribution >= 0.6 is 0 Å². The Morgan fingerprint density at radius 3 is 2.53 bits per heavy atom. The van der Waals surface area contributed by atoms with Crippen LogP contribution in [0.4, 0.5) is 0 Å². The van der Waals surface area contributed by atoms with E-state index in [-0.39, 0.29) is 17.4 Å². The van der Waals surface area contributed by atoms with Crippen LogP contribution in [-0.2, 0) is 4.79 Å². The second-order valence-corrected chi connectivity index (χ2v) is 5.90. The van der Waals surface area contributed by atoms with Gasteiger partial charge < -0.3 is 10.0 Å². The largest absolute Gasteiger partial charge is 0.481 e. The van der Waals surface area contributed by atoms with Crippen LogP contribution in [0.25, 0.3) is 0 Å². The van der Waals surface area contributed by atoms with Crippen LogP contribution in [0.5, 0.6) is 0 Å². The second-order valence-electron chi connectivity index (χ2n) is 5.90. The molecule has 0 aromatic heterocycles. The lowest BCUT2D eigenvalue weighted by molar-refractivity contribution is -0.146. The van der Waals surface area contributed by atoms with Crippen molar-refractivity contribution in [3.05, 3.63) is 0 Å². The van der Waals surface area contributed by atoms with Gasteiger partial charge in [-0.25, -0.2) is 0 Å². The van der Waals surface area contributed by atoms with E-state index in [4.69, 9.17) is 0 Å². The predicted molar refractivity (Wildman–Crippen MR) is 60.8 cm³/mol. The van der Waals surface area contributed by atoms with Crippen molar-refractivity contribution in [1.82, 2.24) is 4.90 Å². The fourth-order valence-corrected chi connectivity index (χ4v) is 2.44. The zero-order chi connectivity index (χ0) is 11.6. The van der Waals surface area contributed by atoms with Gasteiger partial charge in [-0.2, -0.15) is 0 Å². The van der Waals surface area contributed by atoms with Gasteiger partial charge >= 0.3 is 5.97 Å². The van der Waals surface area contributed by atoms with Crippen molar-refractivity contribution in [1.29, 1.82) is 0 Å². The standard InChI is InChI=1S/C12H23NO2/c1-12(2,3)8-10-9(11(14)15)6-5-7-13(10)4/h9-10H,5-8H2,1-4H3,(H,14,15)/t9-,10+/m0/s1. The average Bonchev–Trinajstić information content (AvgIpc) is 2.05. The third kappa shape index (κ3) is 3.49. The molecule has 0 unspecified atom stereocenters. The van der Waals surface area contributed by atoms with Crippen molar-refractivity contribution in [2.24, 2.45) is 11.3 Å². The third-order valence-corrected chi connectivity index (χ3v) is 3.20. The number of hydrogen-bond acceptors (Lipinski definition) is 2. The van der Waals surface area contributed by atoms with Gasteiger partial charge in [0.1, 0.15) is 0 Å². The van der Waals surface area contributed by atoms with Crippen LogP contribution in [-0.4, -0.2) is 35.6 Å². The zero-order valence-electron chi connectivity index (χ0n) is 10.3. The smallest absolute Gasteiger partial charge is 0.308 e. The van der Waals surface area contributed by atoms with E-state index in [9.17, 15) is 9.90 Å². The number of piperidine rings is 1. The lowest BCUT2D eigenvalue weighted by Gasteiger charge is -2.40. The van der Waals surface area contributed by atoms with Crippen LogP contribution in [0, 0.1) is 11.3 Å². The number of nitrogens with zero attached hydrogens (tertiary/aromatic N) is 1. The van der Waals surface area contributed by atoms with Crippen LogP contribution < -0.4 is 0 Å². The minimum atomic E-state index is -0.629. The van der Waals surface area contributed by atoms with Crippen molar-refractivity contribution in [3.8, 4) is 0 Å². The summed E-state index contributed by atoms with van der Waals surface area (Å²) in [6, 6.07) is 0.205. The highest BCUT2D eigenvalue weighted by Gasteiger charge is 2.36. The first-order valence-corrected chi connectivity index (χ1v) is 5.74. The number of carboxylic acids is 1. The second kappa shape index (κ2) is 4.52. The molecule has 0 bridgehead atoms. The van der Waals surface area contributed by atoms with E-state index in [2.05, 4.69) is 25.7 Å². The van der Waals surface area contributed by atoms with Gasteiger partial charge in [-0.05, 0) is 38.3 Å². The van der Waals surface area contributed by atoms with Crippen molar-refractivity contribution < 1.29 is 9.90 Å². The molecule has 88 valence electrons. The molecule has 0 amide bonds. The molecule has 1 saturated heterocycles. The molecule has 3 nitrogen and oxygen atoms in total. The highest BCUT2D eigenvalue weighted by Crippen LogP contribution is 2.32. The van der Waals surface area contributed by atoms with E-state index >= 15 is 0 Å². The van der Waals surface area contributed by atoms with E-state index < -0.39 is 5.97 Å². The number of carbonyl (C=O) groups is 1. The van der Waals surface area contributed by atoms with Gasteiger partial charge in [-0.1, -0.05) is 20.8 Å². The molecule has 0 aromatic rings. The van der Waals surface area contributed by atoms with E-state index in [0.29, 0.717) is 0 Å². The van der Waals surface area contributed by atoms with Crippen molar-refractivity contribution >= 4 is 5.97 Å². The first kappa shape index (κ1) is 12.5. The third-order valence-electron chi connectivity index (χ3n) is 3.20. The Bertz CT molecular complexity index is 232. The van der Waals surface area contributed by atoms with Crippen molar-refractivity contribution in [2.75, 3.05) is 13.6 Å². The van der Waals surface area contributed by atoms with Gasteiger partial charge in [0, 0.05) is 6.04 Å². The van der Waals surface area contributed by atoms with Crippen LogP contribution in [0.3, 0.4) is 0 Å². The summed E-state index contributed by atoms with van der Waals surface area (Å²) in [6.45, 7) is 7.56. The van der Waals surface area contributed by atoms with E-state index in [1.165, 1.54) is 0 Å².